The summed E-state index contributed by atoms with van der Waals surface area (Å²) in [5, 5.41) is 0.921. The number of carbonyl (C=O) groups excluding carboxylic acids is 1. The average Bonchev–Trinajstić information content (AvgIpc) is 2.71. The fourth-order valence-electron chi connectivity index (χ4n) is 1.57. The maximum Gasteiger partial charge on any atom is 0.281 e. The summed E-state index contributed by atoms with van der Waals surface area (Å²) in [6, 6.07) is 7.34. The molecular formula is C11H13N3O2. The minimum atomic E-state index is -0.339. The summed E-state index contributed by atoms with van der Waals surface area (Å²) in [6.07, 6.45) is 0. The van der Waals surface area contributed by atoms with Crippen molar-refractivity contribution in [2.45, 2.75) is 6.92 Å². The van der Waals surface area contributed by atoms with Gasteiger partial charge in [0.1, 0.15) is 11.4 Å². The number of fused-ring (bicyclic) bond motifs is 1. The number of aromatic amines is 1. The molecule has 1 heterocycles. The molecule has 2 rings (SSSR count). The Kier molecular flexibility index (Phi) is 2.78. The van der Waals surface area contributed by atoms with Gasteiger partial charge in [-0.2, -0.15) is 0 Å². The number of nitrogens with one attached hydrogen (secondary N) is 2. The van der Waals surface area contributed by atoms with E-state index in [1.54, 1.807) is 6.07 Å². The maximum absolute atomic E-state index is 11.3. The molecule has 0 unspecified atom stereocenters. The molecular weight excluding hydrogens is 206 g/mol. The van der Waals surface area contributed by atoms with Crippen molar-refractivity contribution >= 4 is 16.8 Å². The van der Waals surface area contributed by atoms with E-state index < -0.39 is 0 Å². The highest BCUT2D eigenvalue weighted by molar-refractivity contribution is 5.97. The van der Waals surface area contributed by atoms with Crippen LogP contribution < -0.4 is 16.0 Å². The normalized spacial score (nSPS) is 10.4. The third-order valence-electron chi connectivity index (χ3n) is 2.28. The van der Waals surface area contributed by atoms with Gasteiger partial charge >= 0.3 is 0 Å². The Bertz CT molecular complexity index is 519. The molecule has 0 aliphatic heterocycles. The number of nitrogens with two attached hydrogens (primary N) is 1. The zero-order valence-electron chi connectivity index (χ0n) is 8.91. The van der Waals surface area contributed by atoms with Crippen LogP contribution in [0.1, 0.15) is 17.4 Å². The van der Waals surface area contributed by atoms with Crippen molar-refractivity contribution in [1.82, 2.24) is 10.4 Å². The van der Waals surface area contributed by atoms with Gasteiger partial charge in [-0.05, 0) is 31.2 Å². The first-order valence-corrected chi connectivity index (χ1v) is 5.01. The number of aromatic nitrogens is 1. The molecule has 1 amide bonds. The quantitative estimate of drug-likeness (QED) is 0.412. The van der Waals surface area contributed by atoms with Crippen LogP contribution in [0.4, 0.5) is 0 Å². The van der Waals surface area contributed by atoms with Crippen LogP contribution in [0.25, 0.3) is 10.9 Å². The van der Waals surface area contributed by atoms with Gasteiger partial charge < -0.3 is 9.72 Å². The summed E-state index contributed by atoms with van der Waals surface area (Å²) in [4.78, 5) is 14.3. The van der Waals surface area contributed by atoms with Crippen molar-refractivity contribution in [3.8, 4) is 5.75 Å². The highest BCUT2D eigenvalue weighted by atomic mass is 16.5. The fraction of sp³-hybridized carbons (Fsp3) is 0.182. The first-order chi connectivity index (χ1) is 7.74. The summed E-state index contributed by atoms with van der Waals surface area (Å²) < 4.78 is 5.37. The lowest BCUT2D eigenvalue weighted by molar-refractivity contribution is 0.0949. The zero-order valence-corrected chi connectivity index (χ0v) is 8.91. The van der Waals surface area contributed by atoms with Crippen LogP contribution in [0.3, 0.4) is 0 Å². The van der Waals surface area contributed by atoms with Gasteiger partial charge in [-0.25, -0.2) is 5.84 Å². The minimum absolute atomic E-state index is 0.339. The first-order valence-electron chi connectivity index (χ1n) is 5.01. The molecule has 1 aromatic carbocycles. The van der Waals surface area contributed by atoms with E-state index in [0.29, 0.717) is 12.3 Å². The van der Waals surface area contributed by atoms with Crippen LogP contribution in [-0.2, 0) is 0 Å². The second-order valence-corrected chi connectivity index (χ2v) is 3.34. The SMILES string of the molecule is CCOc1ccc2[nH]c(C(=O)NN)cc2c1. The van der Waals surface area contributed by atoms with Crippen LogP contribution in [0.2, 0.25) is 0 Å². The van der Waals surface area contributed by atoms with Crippen LogP contribution in [-0.4, -0.2) is 17.5 Å². The van der Waals surface area contributed by atoms with Gasteiger partial charge in [0.25, 0.3) is 5.91 Å². The van der Waals surface area contributed by atoms with Gasteiger partial charge in [0.2, 0.25) is 0 Å². The highest BCUT2D eigenvalue weighted by Gasteiger charge is 2.08. The molecule has 0 fully saturated rings. The number of hydrazine groups is 1. The zero-order chi connectivity index (χ0) is 11.5. The summed E-state index contributed by atoms with van der Waals surface area (Å²) in [5.41, 5.74) is 3.39. The molecule has 0 atom stereocenters. The summed E-state index contributed by atoms with van der Waals surface area (Å²) >= 11 is 0. The lowest BCUT2D eigenvalue weighted by Gasteiger charge is -2.01. The molecule has 1 aromatic heterocycles. The Hall–Kier alpha value is -2.01. The number of amides is 1. The van der Waals surface area contributed by atoms with Gasteiger partial charge in [-0.1, -0.05) is 0 Å². The van der Waals surface area contributed by atoms with Crippen molar-refractivity contribution in [3.05, 3.63) is 30.0 Å². The molecule has 0 bridgehead atoms. The third kappa shape index (κ3) is 1.85. The van der Waals surface area contributed by atoms with E-state index in [1.165, 1.54) is 0 Å². The Balaban J connectivity index is 2.41. The Morgan fingerprint density at radius 3 is 3.00 bits per heavy atom. The monoisotopic (exact) mass is 219 g/mol. The molecule has 0 saturated heterocycles. The van der Waals surface area contributed by atoms with E-state index in [1.807, 2.05) is 25.1 Å². The molecule has 5 nitrogen and oxygen atoms in total. The van der Waals surface area contributed by atoms with Crippen LogP contribution in [0.5, 0.6) is 5.75 Å². The first kappa shape index (κ1) is 10.5. The smallest absolute Gasteiger partial charge is 0.281 e. The topological polar surface area (TPSA) is 80.1 Å². The number of nitrogen functional groups attached to an aromatic ring is 1. The lowest BCUT2D eigenvalue weighted by Crippen LogP contribution is -2.30. The molecule has 16 heavy (non-hydrogen) atoms. The van der Waals surface area contributed by atoms with Gasteiger partial charge in [0.05, 0.1) is 6.61 Å². The predicted octanol–water partition coefficient (Wildman–Crippen LogP) is 1.17. The van der Waals surface area contributed by atoms with E-state index in [-0.39, 0.29) is 5.91 Å². The Labute approximate surface area is 92.6 Å². The van der Waals surface area contributed by atoms with E-state index >= 15 is 0 Å². The number of H-pyrrole nitrogens is 1. The predicted molar refractivity (Wildman–Crippen MR) is 61.1 cm³/mol. The molecule has 0 aliphatic carbocycles. The Morgan fingerprint density at radius 1 is 1.50 bits per heavy atom. The lowest BCUT2D eigenvalue weighted by atomic mass is 10.2. The fourth-order valence-corrected chi connectivity index (χ4v) is 1.57. The number of ether oxygens (including phenoxy) is 1. The van der Waals surface area contributed by atoms with Gasteiger partial charge in [-0.15, -0.1) is 0 Å². The molecule has 0 radical (unpaired) electrons. The van der Waals surface area contributed by atoms with Gasteiger partial charge in [-0.3, -0.25) is 10.2 Å². The van der Waals surface area contributed by atoms with Crippen LogP contribution in [0, 0.1) is 0 Å². The van der Waals surface area contributed by atoms with E-state index in [9.17, 15) is 4.79 Å². The molecule has 5 heteroatoms. The summed E-state index contributed by atoms with van der Waals surface area (Å²) in [7, 11) is 0. The van der Waals surface area contributed by atoms with Crippen LogP contribution >= 0.6 is 0 Å². The van der Waals surface area contributed by atoms with Crippen molar-refractivity contribution in [2.24, 2.45) is 5.84 Å². The minimum Gasteiger partial charge on any atom is -0.494 e. The van der Waals surface area contributed by atoms with Gasteiger partial charge in [0.15, 0.2) is 0 Å². The molecule has 84 valence electrons. The molecule has 0 aliphatic rings. The van der Waals surface area contributed by atoms with E-state index in [4.69, 9.17) is 10.6 Å². The third-order valence-corrected chi connectivity index (χ3v) is 2.28. The average molecular weight is 219 g/mol. The number of rotatable bonds is 3. The molecule has 4 N–H and O–H groups in total. The van der Waals surface area contributed by atoms with Crippen molar-refractivity contribution in [2.75, 3.05) is 6.61 Å². The molecule has 0 saturated carbocycles. The Morgan fingerprint density at radius 2 is 2.31 bits per heavy atom. The molecule has 2 aromatic rings. The van der Waals surface area contributed by atoms with Crippen molar-refractivity contribution in [3.63, 3.8) is 0 Å². The molecule has 0 spiro atoms. The van der Waals surface area contributed by atoms with E-state index in [2.05, 4.69) is 10.4 Å². The standard InChI is InChI=1S/C11H13N3O2/c1-2-16-8-3-4-9-7(5-8)6-10(13-9)11(15)14-12/h3-6,13H,2,12H2,1H3,(H,14,15). The summed E-state index contributed by atoms with van der Waals surface area (Å²) in [5.74, 6) is 5.51. The number of benzene rings is 1. The number of hydrogen-bond donors (Lipinski definition) is 3. The van der Waals surface area contributed by atoms with E-state index in [0.717, 1.165) is 16.7 Å². The highest BCUT2D eigenvalue weighted by Crippen LogP contribution is 2.21. The number of carbonyl (C=O) groups is 1. The van der Waals surface area contributed by atoms with Crippen molar-refractivity contribution < 1.29 is 9.53 Å². The van der Waals surface area contributed by atoms with Crippen LogP contribution in [0.15, 0.2) is 24.3 Å². The number of hydrogen-bond acceptors (Lipinski definition) is 3. The second kappa shape index (κ2) is 4.24. The van der Waals surface area contributed by atoms with Gasteiger partial charge in [0, 0.05) is 10.9 Å². The van der Waals surface area contributed by atoms with Crippen molar-refractivity contribution in [1.29, 1.82) is 0 Å². The largest absolute Gasteiger partial charge is 0.494 e. The summed E-state index contributed by atoms with van der Waals surface area (Å²) in [6.45, 7) is 2.54. The second-order valence-electron chi connectivity index (χ2n) is 3.34. The maximum atomic E-state index is 11.3.